The van der Waals surface area contributed by atoms with Crippen molar-refractivity contribution < 1.29 is 36.6 Å². The molecule has 2 aromatic carbocycles. The highest BCUT2D eigenvalue weighted by Gasteiger charge is 2.20. The summed E-state index contributed by atoms with van der Waals surface area (Å²) in [7, 11) is -3.80. The largest absolute Gasteiger partial charge is 0.468 e. The van der Waals surface area contributed by atoms with Gasteiger partial charge in [-0.15, -0.1) is 0 Å². The van der Waals surface area contributed by atoms with E-state index in [0.717, 1.165) is 17.0 Å². The Balaban J connectivity index is 1.19. The van der Waals surface area contributed by atoms with Crippen molar-refractivity contribution in [1.29, 1.82) is 0 Å². The molecule has 0 saturated heterocycles. The average molecular weight is 551 g/mol. The molecule has 3 heterocycles. The van der Waals surface area contributed by atoms with Crippen molar-refractivity contribution in [3.05, 3.63) is 101 Å². The fourth-order valence-corrected chi connectivity index (χ4v) is 5.27. The molecule has 202 valence electrons. The maximum atomic E-state index is 12.9. The van der Waals surface area contributed by atoms with Crippen LogP contribution in [-0.4, -0.2) is 38.1 Å². The number of rotatable bonds is 10. The summed E-state index contributed by atoms with van der Waals surface area (Å²) in [5, 5.41) is 0. The Morgan fingerprint density at radius 2 is 1.77 bits per heavy atom. The van der Waals surface area contributed by atoms with E-state index in [0.29, 0.717) is 29.4 Å². The van der Waals surface area contributed by atoms with E-state index < -0.39 is 22.6 Å². The molecule has 0 fully saturated rings. The zero-order valence-corrected chi connectivity index (χ0v) is 22.1. The summed E-state index contributed by atoms with van der Waals surface area (Å²) in [5.41, 5.74) is 3.22. The number of ketones is 1. The quantitative estimate of drug-likeness (QED) is 0.232. The minimum atomic E-state index is -3.80. The van der Waals surface area contributed by atoms with Gasteiger partial charge in [-0.25, -0.2) is 17.9 Å². The summed E-state index contributed by atoms with van der Waals surface area (Å²) >= 11 is 0. The van der Waals surface area contributed by atoms with Crippen LogP contribution in [0.25, 0.3) is 0 Å². The van der Waals surface area contributed by atoms with Gasteiger partial charge in [-0.05, 0) is 74.0 Å². The molecule has 0 saturated carbocycles. The van der Waals surface area contributed by atoms with Crippen molar-refractivity contribution in [3.8, 4) is 11.5 Å². The average Bonchev–Trinajstić information content (AvgIpc) is 3.68. The summed E-state index contributed by atoms with van der Waals surface area (Å²) in [6.07, 6.45) is 1.45. The number of aryl methyl sites for hydroxylation is 1. The first-order valence-electron chi connectivity index (χ1n) is 12.1. The number of furan rings is 1. The molecular weight excluding hydrogens is 524 g/mol. The lowest BCUT2D eigenvalue weighted by Gasteiger charge is -2.11. The summed E-state index contributed by atoms with van der Waals surface area (Å²) in [5.74, 6) is 0.793. The van der Waals surface area contributed by atoms with Gasteiger partial charge in [-0.1, -0.05) is 6.07 Å². The number of carbonyl (C=O) groups excluding carboxylic acids is 2. The highest BCUT2D eigenvalue weighted by Crippen LogP contribution is 2.33. The van der Waals surface area contributed by atoms with Gasteiger partial charge in [0.2, 0.25) is 22.6 Å². The Morgan fingerprint density at radius 1 is 1.00 bits per heavy atom. The van der Waals surface area contributed by atoms with Crippen LogP contribution in [0.4, 0.5) is 0 Å². The number of hydrogen-bond acceptors (Lipinski definition) is 8. The van der Waals surface area contributed by atoms with Gasteiger partial charge in [0, 0.05) is 23.5 Å². The van der Waals surface area contributed by atoms with E-state index >= 15 is 0 Å². The van der Waals surface area contributed by atoms with Crippen LogP contribution < -0.4 is 14.2 Å². The lowest BCUT2D eigenvalue weighted by atomic mass is 10.1. The minimum Gasteiger partial charge on any atom is -0.468 e. The van der Waals surface area contributed by atoms with E-state index in [2.05, 4.69) is 4.72 Å². The maximum absolute atomic E-state index is 12.9. The predicted octanol–water partition coefficient (Wildman–Crippen LogP) is 3.99. The van der Waals surface area contributed by atoms with Crippen molar-refractivity contribution in [2.75, 3.05) is 13.4 Å². The normalized spacial score (nSPS) is 12.5. The summed E-state index contributed by atoms with van der Waals surface area (Å²) < 4.78 is 50.6. The maximum Gasteiger partial charge on any atom is 0.338 e. The number of carbonyl (C=O) groups is 2. The molecule has 0 amide bonds. The molecule has 0 unspecified atom stereocenters. The molecule has 0 aliphatic carbocycles. The van der Waals surface area contributed by atoms with E-state index in [1.54, 1.807) is 18.2 Å². The van der Waals surface area contributed by atoms with E-state index in [1.165, 1.54) is 30.5 Å². The van der Waals surface area contributed by atoms with Gasteiger partial charge in [-0.2, -0.15) is 0 Å². The van der Waals surface area contributed by atoms with Crippen molar-refractivity contribution >= 4 is 21.8 Å². The minimum absolute atomic E-state index is 0.00144. The number of hydrogen-bond donors (Lipinski definition) is 1. The lowest BCUT2D eigenvalue weighted by Crippen LogP contribution is -2.23. The summed E-state index contributed by atoms with van der Waals surface area (Å²) in [4.78, 5) is 25.4. The predicted molar refractivity (Wildman–Crippen MR) is 139 cm³/mol. The highest BCUT2D eigenvalue weighted by atomic mass is 32.2. The number of nitrogens with zero attached hydrogens (tertiary/aromatic N) is 1. The van der Waals surface area contributed by atoms with Gasteiger partial charge in [-0.3, -0.25) is 4.79 Å². The second kappa shape index (κ2) is 10.8. The van der Waals surface area contributed by atoms with Crippen LogP contribution in [0, 0.1) is 13.8 Å². The van der Waals surface area contributed by atoms with Crippen LogP contribution in [0.15, 0.2) is 76.2 Å². The Kier molecular flexibility index (Phi) is 7.27. The summed E-state index contributed by atoms with van der Waals surface area (Å²) in [6, 6.07) is 16.1. The van der Waals surface area contributed by atoms with E-state index in [9.17, 15) is 18.0 Å². The van der Waals surface area contributed by atoms with Crippen LogP contribution in [0.5, 0.6) is 11.5 Å². The fraction of sp³-hybridized carbons (Fsp3) is 0.214. The standard InChI is InChI=1S/C28H26N2O8S/c1-18-12-24(19(2)30(18)15-20-5-10-26-27(13-20)38-17-37-26)25(31)16-36-28(32)21-6-8-23(9-7-21)39(33,34)29-14-22-4-3-11-35-22/h3-13,29H,14-17H2,1-2H3. The van der Waals surface area contributed by atoms with Crippen LogP contribution >= 0.6 is 0 Å². The first-order chi connectivity index (χ1) is 18.7. The van der Waals surface area contributed by atoms with Gasteiger partial charge < -0.3 is 23.2 Å². The van der Waals surface area contributed by atoms with Crippen LogP contribution in [0.3, 0.4) is 0 Å². The monoisotopic (exact) mass is 550 g/mol. The molecule has 1 aliphatic heterocycles. The first kappa shape index (κ1) is 26.3. The zero-order valence-electron chi connectivity index (χ0n) is 21.3. The molecule has 39 heavy (non-hydrogen) atoms. The van der Waals surface area contributed by atoms with Gasteiger partial charge in [0.15, 0.2) is 18.1 Å². The smallest absolute Gasteiger partial charge is 0.338 e. The molecular formula is C28H26N2O8S. The molecule has 0 radical (unpaired) electrons. The molecule has 2 aromatic heterocycles. The van der Waals surface area contributed by atoms with Gasteiger partial charge >= 0.3 is 5.97 Å². The molecule has 11 heteroatoms. The molecule has 4 aromatic rings. The number of Topliss-reactive ketones (excluding diaryl/α,β-unsaturated/α-hetero) is 1. The van der Waals surface area contributed by atoms with Crippen LogP contribution in [0.2, 0.25) is 0 Å². The number of aromatic nitrogens is 1. The zero-order chi connectivity index (χ0) is 27.6. The molecule has 5 rings (SSSR count). The van der Waals surface area contributed by atoms with Crippen molar-refractivity contribution in [3.63, 3.8) is 0 Å². The molecule has 1 N–H and O–H groups in total. The topological polar surface area (TPSA) is 126 Å². The molecule has 0 bridgehead atoms. The van der Waals surface area contributed by atoms with Gasteiger partial charge in [0.25, 0.3) is 0 Å². The first-order valence-corrected chi connectivity index (χ1v) is 13.6. The Labute approximate surface area is 225 Å². The molecule has 0 atom stereocenters. The number of sulfonamides is 1. The van der Waals surface area contributed by atoms with Crippen molar-refractivity contribution in [2.24, 2.45) is 0 Å². The highest BCUT2D eigenvalue weighted by molar-refractivity contribution is 7.89. The third kappa shape index (κ3) is 5.74. The summed E-state index contributed by atoms with van der Waals surface area (Å²) in [6.45, 7) is 4.03. The van der Waals surface area contributed by atoms with Gasteiger partial charge in [0.05, 0.1) is 23.3 Å². The Bertz CT molecular complexity index is 1620. The Hall–Kier alpha value is -4.35. The van der Waals surface area contributed by atoms with Crippen molar-refractivity contribution in [2.45, 2.75) is 31.8 Å². The van der Waals surface area contributed by atoms with Crippen LogP contribution in [0.1, 0.15) is 43.4 Å². The van der Waals surface area contributed by atoms with Crippen LogP contribution in [-0.2, 0) is 27.8 Å². The second-order valence-corrected chi connectivity index (χ2v) is 10.8. The van der Waals surface area contributed by atoms with Crippen molar-refractivity contribution in [1.82, 2.24) is 9.29 Å². The molecule has 10 nitrogen and oxygen atoms in total. The number of nitrogens with one attached hydrogen (secondary N) is 1. The second-order valence-electron chi connectivity index (χ2n) is 8.99. The number of ether oxygens (including phenoxy) is 3. The van der Waals surface area contributed by atoms with Gasteiger partial charge in [0.1, 0.15) is 5.76 Å². The number of benzene rings is 2. The number of esters is 1. The Morgan fingerprint density at radius 3 is 2.51 bits per heavy atom. The fourth-order valence-electron chi connectivity index (χ4n) is 4.27. The van der Waals surface area contributed by atoms with E-state index in [4.69, 9.17) is 18.6 Å². The lowest BCUT2D eigenvalue weighted by molar-refractivity contribution is 0.0474. The SMILES string of the molecule is Cc1cc(C(=O)COC(=O)c2ccc(S(=O)(=O)NCc3ccco3)cc2)c(C)n1Cc1ccc2c(c1)OCO2. The van der Waals surface area contributed by atoms with E-state index in [-0.39, 0.29) is 29.6 Å². The third-order valence-corrected chi connectivity index (χ3v) is 7.82. The van der Waals surface area contributed by atoms with E-state index in [1.807, 2.05) is 36.6 Å². The molecule has 0 spiro atoms. The molecule has 1 aliphatic rings. The number of fused-ring (bicyclic) bond motifs is 1. The third-order valence-electron chi connectivity index (χ3n) is 6.40.